The van der Waals surface area contributed by atoms with Crippen molar-refractivity contribution >= 4 is 17.5 Å². The lowest BCUT2D eigenvalue weighted by atomic mass is 10.2. The van der Waals surface area contributed by atoms with E-state index < -0.39 is 0 Å². The van der Waals surface area contributed by atoms with Crippen molar-refractivity contribution in [3.8, 4) is 0 Å². The highest BCUT2D eigenvalue weighted by Crippen LogP contribution is 2.20. The molecule has 1 aromatic carbocycles. The number of aromatic nitrogens is 1. The van der Waals surface area contributed by atoms with Crippen LogP contribution in [0.15, 0.2) is 48.7 Å². The predicted molar refractivity (Wildman–Crippen MR) is 88.0 cm³/mol. The Kier molecular flexibility index (Phi) is 4.53. The molecule has 114 valence electrons. The number of amides is 2. The maximum Gasteiger partial charge on any atom is 0.320 e. The highest BCUT2D eigenvalue weighted by atomic mass is 16.2. The zero-order chi connectivity index (χ0) is 15.2. The molecule has 2 N–H and O–H groups in total. The lowest BCUT2D eigenvalue weighted by molar-refractivity contribution is 0.251. The number of rotatable bonds is 4. The van der Waals surface area contributed by atoms with Gasteiger partial charge < -0.3 is 10.2 Å². The summed E-state index contributed by atoms with van der Waals surface area (Å²) in [6.07, 6.45) is 4.20. The fourth-order valence-corrected chi connectivity index (χ4v) is 2.58. The van der Waals surface area contributed by atoms with Gasteiger partial charge in [0.15, 0.2) is 0 Å². The van der Waals surface area contributed by atoms with Gasteiger partial charge in [-0.15, -0.1) is 0 Å². The average molecular weight is 296 g/mol. The first-order valence-electron chi connectivity index (χ1n) is 7.61. The summed E-state index contributed by atoms with van der Waals surface area (Å²) < 4.78 is 0. The molecular formula is C17H20N4O. The Morgan fingerprint density at radius 3 is 2.55 bits per heavy atom. The first-order valence-corrected chi connectivity index (χ1v) is 7.61. The number of carbonyl (C=O) groups excluding carboxylic acids is 1. The third-order valence-electron chi connectivity index (χ3n) is 3.77. The molecule has 22 heavy (non-hydrogen) atoms. The third kappa shape index (κ3) is 3.75. The molecule has 1 saturated heterocycles. The topological polar surface area (TPSA) is 57.3 Å². The van der Waals surface area contributed by atoms with Gasteiger partial charge in [0.25, 0.3) is 0 Å². The van der Waals surface area contributed by atoms with Gasteiger partial charge in [0.2, 0.25) is 0 Å². The first-order chi connectivity index (χ1) is 10.8. The summed E-state index contributed by atoms with van der Waals surface area (Å²) in [5.74, 6) is 0.546. The van der Waals surface area contributed by atoms with E-state index in [4.69, 9.17) is 0 Å². The number of pyridine rings is 1. The van der Waals surface area contributed by atoms with Gasteiger partial charge in [0.1, 0.15) is 5.82 Å². The van der Waals surface area contributed by atoms with Crippen LogP contribution in [0.1, 0.15) is 18.4 Å². The van der Waals surface area contributed by atoms with E-state index in [-0.39, 0.29) is 6.03 Å². The Morgan fingerprint density at radius 1 is 1.09 bits per heavy atom. The molecule has 0 spiro atoms. The van der Waals surface area contributed by atoms with Crippen LogP contribution < -0.4 is 15.5 Å². The van der Waals surface area contributed by atoms with Crippen LogP contribution in [0.2, 0.25) is 0 Å². The standard InChI is InChI=1S/C17H20N4O/c22-17(20-16-5-1-2-10-18-16)19-13-14-6-8-15(9-7-14)21-11-3-4-12-21/h1-2,5-10H,3-4,11-13H2,(H2,18,19,20,22). The lowest BCUT2D eigenvalue weighted by Crippen LogP contribution is -2.28. The van der Waals surface area contributed by atoms with E-state index in [0.717, 1.165) is 18.7 Å². The summed E-state index contributed by atoms with van der Waals surface area (Å²) >= 11 is 0. The minimum atomic E-state index is -0.248. The minimum absolute atomic E-state index is 0.248. The maximum absolute atomic E-state index is 11.8. The molecule has 0 unspecified atom stereocenters. The van der Waals surface area contributed by atoms with E-state index in [9.17, 15) is 4.79 Å². The Morgan fingerprint density at radius 2 is 1.86 bits per heavy atom. The van der Waals surface area contributed by atoms with Crippen LogP contribution >= 0.6 is 0 Å². The van der Waals surface area contributed by atoms with Gasteiger partial charge in [-0.1, -0.05) is 18.2 Å². The highest BCUT2D eigenvalue weighted by molar-refractivity contribution is 5.88. The zero-order valence-corrected chi connectivity index (χ0v) is 12.5. The molecule has 1 aliphatic heterocycles. The molecular weight excluding hydrogens is 276 g/mol. The van der Waals surface area contributed by atoms with Crippen molar-refractivity contribution in [1.82, 2.24) is 10.3 Å². The van der Waals surface area contributed by atoms with Gasteiger partial charge in [-0.25, -0.2) is 9.78 Å². The molecule has 1 fully saturated rings. The smallest absolute Gasteiger partial charge is 0.320 e. The molecule has 0 saturated carbocycles. The number of hydrogen-bond donors (Lipinski definition) is 2. The van der Waals surface area contributed by atoms with Gasteiger partial charge >= 0.3 is 6.03 Å². The number of anilines is 2. The molecule has 5 nitrogen and oxygen atoms in total. The number of nitrogens with zero attached hydrogens (tertiary/aromatic N) is 2. The zero-order valence-electron chi connectivity index (χ0n) is 12.5. The van der Waals surface area contributed by atoms with Gasteiger partial charge in [0.05, 0.1) is 0 Å². The molecule has 0 atom stereocenters. The van der Waals surface area contributed by atoms with Crippen molar-refractivity contribution in [3.05, 3.63) is 54.2 Å². The minimum Gasteiger partial charge on any atom is -0.372 e. The largest absolute Gasteiger partial charge is 0.372 e. The fraction of sp³-hybridized carbons (Fsp3) is 0.294. The Bertz CT molecular complexity index is 606. The Labute approximate surface area is 130 Å². The molecule has 2 heterocycles. The van der Waals surface area contributed by atoms with Crippen LogP contribution in [0.3, 0.4) is 0 Å². The van der Waals surface area contributed by atoms with Crippen molar-refractivity contribution in [2.75, 3.05) is 23.3 Å². The molecule has 2 amide bonds. The molecule has 0 aliphatic carbocycles. The predicted octanol–water partition coefficient (Wildman–Crippen LogP) is 3.00. The summed E-state index contributed by atoms with van der Waals surface area (Å²) in [6.45, 7) is 2.78. The van der Waals surface area contributed by atoms with Crippen LogP contribution in [-0.2, 0) is 6.54 Å². The van der Waals surface area contributed by atoms with E-state index in [1.165, 1.54) is 18.5 Å². The van der Waals surface area contributed by atoms with Gasteiger partial charge in [-0.3, -0.25) is 5.32 Å². The van der Waals surface area contributed by atoms with Crippen LogP contribution in [0.5, 0.6) is 0 Å². The van der Waals surface area contributed by atoms with Crippen molar-refractivity contribution < 1.29 is 4.79 Å². The number of benzene rings is 1. The second-order valence-electron chi connectivity index (χ2n) is 5.38. The summed E-state index contributed by atoms with van der Waals surface area (Å²) in [5, 5.41) is 5.53. The van der Waals surface area contributed by atoms with Crippen molar-refractivity contribution in [2.24, 2.45) is 0 Å². The molecule has 5 heteroatoms. The fourth-order valence-electron chi connectivity index (χ4n) is 2.58. The maximum atomic E-state index is 11.8. The van der Waals surface area contributed by atoms with Gasteiger partial charge in [0, 0.05) is 31.5 Å². The molecule has 0 radical (unpaired) electrons. The van der Waals surface area contributed by atoms with Crippen LogP contribution in [0, 0.1) is 0 Å². The van der Waals surface area contributed by atoms with Crippen molar-refractivity contribution in [1.29, 1.82) is 0 Å². The van der Waals surface area contributed by atoms with Crippen molar-refractivity contribution in [3.63, 3.8) is 0 Å². The van der Waals surface area contributed by atoms with E-state index >= 15 is 0 Å². The number of carbonyl (C=O) groups is 1. The normalized spacial score (nSPS) is 13.9. The molecule has 1 aliphatic rings. The van der Waals surface area contributed by atoms with Crippen LogP contribution in [0.25, 0.3) is 0 Å². The molecule has 0 bridgehead atoms. The van der Waals surface area contributed by atoms with E-state index in [2.05, 4.69) is 44.8 Å². The van der Waals surface area contributed by atoms with E-state index in [1.807, 2.05) is 12.1 Å². The van der Waals surface area contributed by atoms with Gasteiger partial charge in [-0.2, -0.15) is 0 Å². The van der Waals surface area contributed by atoms with Crippen LogP contribution in [-0.4, -0.2) is 24.1 Å². The Balaban J connectivity index is 1.49. The second-order valence-corrected chi connectivity index (χ2v) is 5.38. The highest BCUT2D eigenvalue weighted by Gasteiger charge is 2.11. The molecule has 1 aromatic heterocycles. The number of urea groups is 1. The third-order valence-corrected chi connectivity index (χ3v) is 3.77. The van der Waals surface area contributed by atoms with Crippen molar-refractivity contribution in [2.45, 2.75) is 19.4 Å². The van der Waals surface area contributed by atoms with E-state index in [0.29, 0.717) is 12.4 Å². The number of nitrogens with one attached hydrogen (secondary N) is 2. The summed E-state index contributed by atoms with van der Waals surface area (Å²) in [4.78, 5) is 18.2. The van der Waals surface area contributed by atoms with Crippen LogP contribution in [0.4, 0.5) is 16.3 Å². The number of hydrogen-bond acceptors (Lipinski definition) is 3. The van der Waals surface area contributed by atoms with E-state index in [1.54, 1.807) is 12.3 Å². The van der Waals surface area contributed by atoms with Gasteiger partial charge in [-0.05, 0) is 42.7 Å². The first kappa shape index (κ1) is 14.4. The average Bonchev–Trinajstić information content (AvgIpc) is 3.09. The molecule has 2 aromatic rings. The SMILES string of the molecule is O=C(NCc1ccc(N2CCCC2)cc1)Nc1ccccn1. The summed E-state index contributed by atoms with van der Waals surface area (Å²) in [5.41, 5.74) is 2.35. The summed E-state index contributed by atoms with van der Waals surface area (Å²) in [6, 6.07) is 13.5. The summed E-state index contributed by atoms with van der Waals surface area (Å²) in [7, 11) is 0. The quantitative estimate of drug-likeness (QED) is 0.912. The Hall–Kier alpha value is -2.56. The lowest BCUT2D eigenvalue weighted by Gasteiger charge is -2.17. The molecule has 3 rings (SSSR count). The second kappa shape index (κ2) is 6.93. The monoisotopic (exact) mass is 296 g/mol.